The summed E-state index contributed by atoms with van der Waals surface area (Å²) in [5.41, 5.74) is 0.926. The van der Waals surface area contributed by atoms with Crippen LogP contribution in [0.15, 0.2) is 42.6 Å². The van der Waals surface area contributed by atoms with Crippen LogP contribution in [0.5, 0.6) is 0 Å². The van der Waals surface area contributed by atoms with Crippen LogP contribution in [0.3, 0.4) is 0 Å². The van der Waals surface area contributed by atoms with Crippen LogP contribution in [0.4, 0.5) is 11.5 Å². The highest BCUT2D eigenvalue weighted by Gasteiger charge is 2.24. The summed E-state index contributed by atoms with van der Waals surface area (Å²) in [6.07, 6.45) is 1.13. The first kappa shape index (κ1) is 14.7. The molecule has 0 unspecified atom stereocenters. The van der Waals surface area contributed by atoms with Gasteiger partial charge < -0.3 is 9.64 Å². The molecule has 2 aromatic rings. The standard InChI is InChI=1S/C15H14ClN3O3/c16-13-4-2-1-3-12(13)14-10-18(7-8-22-14)15-6-5-11(9-17-15)19(20)21/h1-6,9,14H,7-8,10H2/t14-/m1/s1. The topological polar surface area (TPSA) is 68.5 Å². The van der Waals surface area contributed by atoms with Crippen molar-refractivity contribution in [1.82, 2.24) is 4.98 Å². The minimum absolute atomic E-state index is 0.0142. The number of morpholine rings is 1. The van der Waals surface area contributed by atoms with Crippen molar-refractivity contribution in [3.8, 4) is 0 Å². The smallest absolute Gasteiger partial charge is 0.287 e. The van der Waals surface area contributed by atoms with Gasteiger partial charge in [0.2, 0.25) is 0 Å². The van der Waals surface area contributed by atoms with Crippen LogP contribution in [0.1, 0.15) is 11.7 Å². The molecule has 1 aliphatic rings. The maximum absolute atomic E-state index is 10.7. The number of hydrogen-bond acceptors (Lipinski definition) is 5. The Bertz CT molecular complexity index is 678. The fourth-order valence-corrected chi connectivity index (χ4v) is 2.71. The molecule has 2 heterocycles. The first-order valence-corrected chi connectivity index (χ1v) is 7.24. The van der Waals surface area contributed by atoms with Crippen molar-refractivity contribution >= 4 is 23.1 Å². The maximum Gasteiger partial charge on any atom is 0.287 e. The van der Waals surface area contributed by atoms with Crippen LogP contribution < -0.4 is 4.90 Å². The van der Waals surface area contributed by atoms with Crippen molar-refractivity contribution in [1.29, 1.82) is 0 Å². The van der Waals surface area contributed by atoms with E-state index >= 15 is 0 Å². The number of nitro groups is 1. The molecule has 0 bridgehead atoms. The zero-order chi connectivity index (χ0) is 15.5. The molecule has 1 atom stereocenters. The Morgan fingerprint density at radius 2 is 2.14 bits per heavy atom. The number of hydrogen-bond donors (Lipinski definition) is 0. The lowest BCUT2D eigenvalue weighted by Crippen LogP contribution is -2.38. The van der Waals surface area contributed by atoms with Gasteiger partial charge in [0, 0.05) is 29.7 Å². The molecule has 114 valence electrons. The largest absolute Gasteiger partial charge is 0.370 e. The number of pyridine rings is 1. The van der Waals surface area contributed by atoms with Crippen LogP contribution in [0.25, 0.3) is 0 Å². The molecule has 1 aromatic heterocycles. The second-order valence-electron chi connectivity index (χ2n) is 4.96. The van der Waals surface area contributed by atoms with Crippen LogP contribution in [0.2, 0.25) is 5.02 Å². The average Bonchev–Trinajstić information content (AvgIpc) is 2.55. The normalized spacial score (nSPS) is 18.2. The van der Waals surface area contributed by atoms with Gasteiger partial charge in [0.15, 0.2) is 0 Å². The zero-order valence-corrected chi connectivity index (χ0v) is 12.4. The third-order valence-electron chi connectivity index (χ3n) is 3.59. The molecule has 0 aliphatic carbocycles. The summed E-state index contributed by atoms with van der Waals surface area (Å²) >= 11 is 6.22. The van der Waals surface area contributed by atoms with E-state index in [2.05, 4.69) is 4.98 Å². The number of ether oxygens (including phenoxy) is 1. The lowest BCUT2D eigenvalue weighted by molar-refractivity contribution is -0.385. The summed E-state index contributed by atoms with van der Waals surface area (Å²) in [7, 11) is 0. The van der Waals surface area contributed by atoms with Gasteiger partial charge >= 0.3 is 0 Å². The van der Waals surface area contributed by atoms with E-state index in [1.165, 1.54) is 12.3 Å². The van der Waals surface area contributed by atoms with Gasteiger partial charge in [-0.1, -0.05) is 29.8 Å². The van der Waals surface area contributed by atoms with Gasteiger partial charge in [0.25, 0.3) is 5.69 Å². The third kappa shape index (κ3) is 3.03. The van der Waals surface area contributed by atoms with Crippen molar-refractivity contribution < 1.29 is 9.66 Å². The number of anilines is 1. The zero-order valence-electron chi connectivity index (χ0n) is 11.7. The lowest BCUT2D eigenvalue weighted by Gasteiger charge is -2.34. The van der Waals surface area contributed by atoms with Crippen LogP contribution in [-0.4, -0.2) is 29.6 Å². The summed E-state index contributed by atoms with van der Waals surface area (Å²) < 4.78 is 5.80. The Morgan fingerprint density at radius 1 is 1.32 bits per heavy atom. The Kier molecular flexibility index (Phi) is 4.22. The summed E-state index contributed by atoms with van der Waals surface area (Å²) in [4.78, 5) is 16.4. The van der Waals surface area contributed by atoms with E-state index in [1.807, 2.05) is 29.2 Å². The van der Waals surface area contributed by atoms with Crippen molar-refractivity contribution in [3.05, 3.63) is 63.3 Å². The molecule has 1 aromatic carbocycles. The number of rotatable bonds is 3. The van der Waals surface area contributed by atoms with Gasteiger partial charge in [-0.05, 0) is 12.1 Å². The third-order valence-corrected chi connectivity index (χ3v) is 3.93. The molecule has 1 aliphatic heterocycles. The number of halogens is 1. The summed E-state index contributed by atoms with van der Waals surface area (Å²) in [5.74, 6) is 0.700. The molecule has 0 saturated carbocycles. The van der Waals surface area contributed by atoms with Crippen LogP contribution in [-0.2, 0) is 4.74 Å². The van der Waals surface area contributed by atoms with Crippen LogP contribution in [0, 0.1) is 10.1 Å². The van der Waals surface area contributed by atoms with Crippen molar-refractivity contribution in [3.63, 3.8) is 0 Å². The number of nitrogens with zero attached hydrogens (tertiary/aromatic N) is 3. The van der Waals surface area contributed by atoms with E-state index in [0.717, 1.165) is 5.56 Å². The predicted octanol–water partition coefficient (Wildman–Crippen LogP) is 3.22. The minimum Gasteiger partial charge on any atom is -0.370 e. The summed E-state index contributed by atoms with van der Waals surface area (Å²) in [5, 5.41) is 11.4. The number of benzene rings is 1. The Morgan fingerprint density at radius 3 is 2.82 bits per heavy atom. The highest BCUT2D eigenvalue weighted by atomic mass is 35.5. The quantitative estimate of drug-likeness (QED) is 0.642. The second kappa shape index (κ2) is 6.29. The molecule has 3 rings (SSSR count). The van der Waals surface area contributed by atoms with Gasteiger partial charge in [0.1, 0.15) is 18.1 Å². The highest BCUT2D eigenvalue weighted by molar-refractivity contribution is 6.31. The minimum atomic E-state index is -0.456. The van der Waals surface area contributed by atoms with E-state index in [-0.39, 0.29) is 11.8 Å². The van der Waals surface area contributed by atoms with Gasteiger partial charge in [-0.2, -0.15) is 0 Å². The number of aromatic nitrogens is 1. The van der Waals surface area contributed by atoms with E-state index < -0.39 is 4.92 Å². The highest BCUT2D eigenvalue weighted by Crippen LogP contribution is 2.30. The lowest BCUT2D eigenvalue weighted by atomic mass is 10.1. The monoisotopic (exact) mass is 319 g/mol. The summed E-state index contributed by atoms with van der Waals surface area (Å²) in [6, 6.07) is 10.7. The summed E-state index contributed by atoms with van der Waals surface area (Å²) in [6.45, 7) is 1.84. The molecule has 7 heteroatoms. The first-order chi connectivity index (χ1) is 10.6. The Hall–Kier alpha value is -2.18. The van der Waals surface area contributed by atoms with Gasteiger partial charge in [0.05, 0.1) is 11.5 Å². The molecule has 22 heavy (non-hydrogen) atoms. The molecule has 0 spiro atoms. The van der Waals surface area contributed by atoms with Crippen LogP contribution >= 0.6 is 11.6 Å². The predicted molar refractivity (Wildman–Crippen MR) is 83.2 cm³/mol. The molecule has 1 saturated heterocycles. The molecular formula is C15H14ClN3O3. The molecular weight excluding hydrogens is 306 g/mol. The van der Waals surface area contributed by atoms with Crippen molar-refractivity contribution in [2.45, 2.75) is 6.10 Å². The Labute approximate surface area is 132 Å². The maximum atomic E-state index is 10.7. The van der Waals surface area contributed by atoms with Gasteiger partial charge in [-0.25, -0.2) is 4.98 Å². The average molecular weight is 320 g/mol. The van der Waals surface area contributed by atoms with E-state index in [4.69, 9.17) is 16.3 Å². The second-order valence-corrected chi connectivity index (χ2v) is 5.37. The van der Waals surface area contributed by atoms with Gasteiger partial charge in [-0.15, -0.1) is 0 Å². The van der Waals surface area contributed by atoms with Gasteiger partial charge in [-0.3, -0.25) is 10.1 Å². The molecule has 0 radical (unpaired) electrons. The first-order valence-electron chi connectivity index (χ1n) is 6.86. The van der Waals surface area contributed by atoms with E-state index in [9.17, 15) is 10.1 Å². The fourth-order valence-electron chi connectivity index (χ4n) is 2.46. The molecule has 0 amide bonds. The molecule has 1 fully saturated rings. The van der Waals surface area contributed by atoms with Crippen molar-refractivity contribution in [2.75, 3.05) is 24.6 Å². The molecule has 6 nitrogen and oxygen atoms in total. The Balaban J connectivity index is 1.78. The van der Waals surface area contributed by atoms with E-state index in [0.29, 0.717) is 30.5 Å². The van der Waals surface area contributed by atoms with E-state index in [1.54, 1.807) is 6.07 Å². The molecule has 0 N–H and O–H groups in total. The SMILES string of the molecule is O=[N+]([O-])c1ccc(N2CCO[C@@H](c3ccccc3Cl)C2)nc1. The van der Waals surface area contributed by atoms with Crippen molar-refractivity contribution in [2.24, 2.45) is 0 Å². The fraction of sp³-hybridized carbons (Fsp3) is 0.267.